The van der Waals surface area contributed by atoms with Gasteiger partial charge in [0.1, 0.15) is 16.5 Å². The number of halogens is 2. The standard InChI is InChI=1S/C17H19ClFN3O3/c1-4-9-20-16(23)11(3)25-17(24)14-10(2)21-22(15(14)18)13-7-5-12(19)6-8-13/h5-8,11H,4,9H2,1-3H3,(H,20,23). The molecule has 1 heterocycles. The Balaban J connectivity index is 2.20. The van der Waals surface area contributed by atoms with Crippen LogP contribution in [0.25, 0.3) is 5.69 Å². The van der Waals surface area contributed by atoms with E-state index in [0.717, 1.165) is 6.42 Å². The first-order valence-electron chi connectivity index (χ1n) is 7.84. The van der Waals surface area contributed by atoms with Gasteiger partial charge in [-0.05, 0) is 44.5 Å². The van der Waals surface area contributed by atoms with Crippen molar-refractivity contribution in [2.45, 2.75) is 33.3 Å². The molecule has 1 aromatic heterocycles. The fourth-order valence-electron chi connectivity index (χ4n) is 2.15. The maximum absolute atomic E-state index is 13.0. The molecule has 1 atom stereocenters. The first kappa shape index (κ1) is 18.9. The number of carbonyl (C=O) groups is 2. The summed E-state index contributed by atoms with van der Waals surface area (Å²) in [6.07, 6.45) is -0.175. The number of rotatable bonds is 6. The molecule has 0 saturated heterocycles. The molecule has 0 fully saturated rings. The average molecular weight is 368 g/mol. The van der Waals surface area contributed by atoms with Gasteiger partial charge in [0.25, 0.3) is 5.91 Å². The van der Waals surface area contributed by atoms with Gasteiger partial charge in [0, 0.05) is 6.54 Å². The topological polar surface area (TPSA) is 73.2 Å². The number of hydrogen-bond donors (Lipinski definition) is 1. The van der Waals surface area contributed by atoms with Crippen LogP contribution in [0.1, 0.15) is 36.3 Å². The highest BCUT2D eigenvalue weighted by Gasteiger charge is 2.26. The van der Waals surface area contributed by atoms with Crippen LogP contribution in [0.2, 0.25) is 5.15 Å². The highest BCUT2D eigenvalue weighted by molar-refractivity contribution is 6.33. The Morgan fingerprint density at radius 1 is 1.36 bits per heavy atom. The van der Waals surface area contributed by atoms with Gasteiger partial charge in [-0.25, -0.2) is 13.9 Å². The van der Waals surface area contributed by atoms with Crippen LogP contribution in [0, 0.1) is 12.7 Å². The fraction of sp³-hybridized carbons (Fsp3) is 0.353. The van der Waals surface area contributed by atoms with E-state index < -0.39 is 17.9 Å². The second-order valence-electron chi connectivity index (χ2n) is 5.48. The van der Waals surface area contributed by atoms with E-state index in [2.05, 4.69) is 10.4 Å². The minimum absolute atomic E-state index is 0.0373. The van der Waals surface area contributed by atoms with Gasteiger partial charge >= 0.3 is 5.97 Å². The van der Waals surface area contributed by atoms with Gasteiger partial charge in [-0.3, -0.25) is 4.79 Å². The van der Waals surface area contributed by atoms with Gasteiger partial charge in [-0.2, -0.15) is 5.10 Å². The lowest BCUT2D eigenvalue weighted by molar-refractivity contribution is -0.129. The van der Waals surface area contributed by atoms with Crippen LogP contribution in [0.5, 0.6) is 0 Å². The largest absolute Gasteiger partial charge is 0.449 e. The Morgan fingerprint density at radius 2 is 2.00 bits per heavy atom. The summed E-state index contributed by atoms with van der Waals surface area (Å²) in [5.41, 5.74) is 0.920. The minimum atomic E-state index is -0.955. The number of hydrogen-bond acceptors (Lipinski definition) is 4. The van der Waals surface area contributed by atoms with Crippen molar-refractivity contribution in [3.05, 3.63) is 46.5 Å². The number of aryl methyl sites for hydroxylation is 1. The lowest BCUT2D eigenvalue weighted by Gasteiger charge is -2.13. The Bertz CT molecular complexity index is 774. The molecule has 1 N–H and O–H groups in total. The first-order valence-corrected chi connectivity index (χ1v) is 8.22. The third kappa shape index (κ3) is 4.36. The number of ether oxygens (including phenoxy) is 1. The molecular weight excluding hydrogens is 349 g/mol. The Hall–Kier alpha value is -2.41. The maximum Gasteiger partial charge on any atom is 0.344 e. The highest BCUT2D eigenvalue weighted by Crippen LogP contribution is 2.24. The number of nitrogens with zero attached hydrogens (tertiary/aromatic N) is 2. The van der Waals surface area contributed by atoms with E-state index in [1.165, 1.54) is 35.9 Å². The number of amides is 1. The zero-order chi connectivity index (χ0) is 18.6. The second-order valence-corrected chi connectivity index (χ2v) is 5.84. The van der Waals surface area contributed by atoms with Crippen molar-refractivity contribution < 1.29 is 18.7 Å². The average Bonchev–Trinajstić information content (AvgIpc) is 2.87. The van der Waals surface area contributed by atoms with E-state index in [4.69, 9.17) is 16.3 Å². The summed E-state index contributed by atoms with van der Waals surface area (Å²) in [4.78, 5) is 24.2. The van der Waals surface area contributed by atoms with E-state index in [0.29, 0.717) is 17.9 Å². The monoisotopic (exact) mass is 367 g/mol. The number of nitrogens with one attached hydrogen (secondary N) is 1. The zero-order valence-electron chi connectivity index (χ0n) is 14.2. The van der Waals surface area contributed by atoms with Crippen molar-refractivity contribution in [2.24, 2.45) is 0 Å². The van der Waals surface area contributed by atoms with Gasteiger partial charge in [-0.1, -0.05) is 18.5 Å². The smallest absolute Gasteiger partial charge is 0.344 e. The molecule has 1 aromatic carbocycles. The van der Waals surface area contributed by atoms with Crippen LogP contribution in [-0.4, -0.2) is 34.3 Å². The van der Waals surface area contributed by atoms with Gasteiger partial charge < -0.3 is 10.1 Å². The molecule has 6 nitrogen and oxygen atoms in total. The molecule has 0 bridgehead atoms. The SMILES string of the molecule is CCCNC(=O)C(C)OC(=O)c1c(C)nn(-c2ccc(F)cc2)c1Cl. The Morgan fingerprint density at radius 3 is 2.60 bits per heavy atom. The molecule has 2 aromatic rings. The van der Waals surface area contributed by atoms with Crippen molar-refractivity contribution in [1.82, 2.24) is 15.1 Å². The lowest BCUT2D eigenvalue weighted by atomic mass is 10.2. The van der Waals surface area contributed by atoms with Crippen molar-refractivity contribution in [2.75, 3.05) is 6.54 Å². The summed E-state index contributed by atoms with van der Waals surface area (Å²) >= 11 is 6.25. The number of benzene rings is 1. The number of aromatic nitrogens is 2. The third-order valence-corrected chi connectivity index (χ3v) is 3.83. The zero-order valence-corrected chi connectivity index (χ0v) is 14.9. The quantitative estimate of drug-likeness (QED) is 0.796. The Kier molecular flexibility index (Phi) is 6.14. The van der Waals surface area contributed by atoms with Crippen LogP contribution in [0.15, 0.2) is 24.3 Å². The maximum atomic E-state index is 13.0. The van der Waals surface area contributed by atoms with Crippen molar-refractivity contribution in [1.29, 1.82) is 0 Å². The molecule has 0 spiro atoms. The molecule has 134 valence electrons. The van der Waals surface area contributed by atoms with Gasteiger partial charge in [0.15, 0.2) is 6.10 Å². The molecule has 0 aliphatic carbocycles. The first-order chi connectivity index (χ1) is 11.8. The van der Waals surface area contributed by atoms with Crippen molar-refractivity contribution in [3.63, 3.8) is 0 Å². The van der Waals surface area contributed by atoms with E-state index >= 15 is 0 Å². The van der Waals surface area contributed by atoms with Gasteiger partial charge in [-0.15, -0.1) is 0 Å². The summed E-state index contributed by atoms with van der Waals surface area (Å²) in [7, 11) is 0. The van der Waals surface area contributed by atoms with Crippen LogP contribution in [-0.2, 0) is 9.53 Å². The van der Waals surface area contributed by atoms with Crippen molar-refractivity contribution in [3.8, 4) is 5.69 Å². The molecule has 0 aliphatic heterocycles. The van der Waals surface area contributed by atoms with Gasteiger partial charge in [0.05, 0.1) is 11.4 Å². The van der Waals surface area contributed by atoms with E-state index in [9.17, 15) is 14.0 Å². The Labute approximate surface area is 149 Å². The normalized spacial score (nSPS) is 11.9. The van der Waals surface area contributed by atoms with Crippen LogP contribution in [0.4, 0.5) is 4.39 Å². The van der Waals surface area contributed by atoms with E-state index in [1.54, 1.807) is 6.92 Å². The fourth-order valence-corrected chi connectivity index (χ4v) is 2.50. The molecule has 8 heteroatoms. The second kappa shape index (κ2) is 8.11. The summed E-state index contributed by atoms with van der Waals surface area (Å²) in [6.45, 7) is 5.51. The third-order valence-electron chi connectivity index (χ3n) is 3.48. The molecule has 0 saturated carbocycles. The molecule has 0 radical (unpaired) electrons. The summed E-state index contributed by atoms with van der Waals surface area (Å²) in [5, 5.41) is 6.88. The molecule has 2 rings (SSSR count). The molecule has 1 amide bonds. The molecule has 0 aliphatic rings. The molecular formula is C17H19ClFN3O3. The number of carbonyl (C=O) groups excluding carboxylic acids is 2. The minimum Gasteiger partial charge on any atom is -0.449 e. The summed E-state index contributed by atoms with van der Waals surface area (Å²) in [5.74, 6) is -1.51. The molecule has 25 heavy (non-hydrogen) atoms. The molecule has 1 unspecified atom stereocenters. The summed E-state index contributed by atoms with van der Waals surface area (Å²) in [6, 6.07) is 5.51. The van der Waals surface area contributed by atoms with Crippen molar-refractivity contribution >= 4 is 23.5 Å². The highest BCUT2D eigenvalue weighted by atomic mass is 35.5. The van der Waals surface area contributed by atoms with Gasteiger partial charge in [0.2, 0.25) is 0 Å². The number of esters is 1. The lowest BCUT2D eigenvalue weighted by Crippen LogP contribution is -2.36. The van der Waals surface area contributed by atoms with Crippen LogP contribution < -0.4 is 5.32 Å². The predicted molar refractivity (Wildman–Crippen MR) is 91.4 cm³/mol. The van der Waals surface area contributed by atoms with E-state index in [1.807, 2.05) is 6.92 Å². The van der Waals surface area contributed by atoms with Crippen LogP contribution >= 0.6 is 11.6 Å². The van der Waals surface area contributed by atoms with E-state index in [-0.39, 0.29) is 16.6 Å². The van der Waals surface area contributed by atoms with Crippen LogP contribution in [0.3, 0.4) is 0 Å². The predicted octanol–water partition coefficient (Wildman–Crippen LogP) is 3.04. The summed E-state index contributed by atoms with van der Waals surface area (Å²) < 4.78 is 19.5.